The highest BCUT2D eigenvalue weighted by atomic mass is 35.5. The van der Waals surface area contributed by atoms with Gasteiger partial charge in [0.2, 0.25) is 11.8 Å². The van der Waals surface area contributed by atoms with Crippen LogP contribution in [-0.4, -0.2) is 39.0 Å². The third kappa shape index (κ3) is 3.16. The molecule has 2 heterocycles. The van der Waals surface area contributed by atoms with Gasteiger partial charge in [-0.05, 0) is 6.08 Å². The number of rotatable bonds is 5. The first kappa shape index (κ1) is 14.5. The standard InChI is InChI=1S/C11H11ClN4O3S/c12-9-6(16-3-4-20-11(16)15-9)1-2-8(18)14-5-7(17)10(13)19/h1-4,7,17H,5H2,(H2,13,19)(H,14,18)/b2-1+. The summed E-state index contributed by atoms with van der Waals surface area (Å²) in [5.74, 6) is -1.38. The Balaban J connectivity index is 2.02. The van der Waals surface area contributed by atoms with Crippen LogP contribution in [0.15, 0.2) is 17.7 Å². The van der Waals surface area contributed by atoms with Gasteiger partial charge in [0.05, 0.1) is 12.2 Å². The number of aromatic nitrogens is 2. The lowest BCUT2D eigenvalue weighted by Crippen LogP contribution is -2.39. The summed E-state index contributed by atoms with van der Waals surface area (Å²) < 4.78 is 1.75. The summed E-state index contributed by atoms with van der Waals surface area (Å²) in [5, 5.41) is 13.6. The molecule has 2 aromatic heterocycles. The summed E-state index contributed by atoms with van der Waals surface area (Å²) in [5.41, 5.74) is 5.43. The summed E-state index contributed by atoms with van der Waals surface area (Å²) in [7, 11) is 0. The van der Waals surface area contributed by atoms with Crippen LogP contribution in [0.3, 0.4) is 0 Å². The number of aliphatic hydroxyl groups excluding tert-OH is 1. The van der Waals surface area contributed by atoms with Gasteiger partial charge in [-0.3, -0.25) is 14.0 Å². The number of nitrogens with one attached hydrogen (secondary N) is 1. The molecule has 0 spiro atoms. The van der Waals surface area contributed by atoms with E-state index in [-0.39, 0.29) is 11.7 Å². The van der Waals surface area contributed by atoms with E-state index in [9.17, 15) is 9.59 Å². The number of carbonyl (C=O) groups excluding carboxylic acids is 2. The van der Waals surface area contributed by atoms with Crippen molar-refractivity contribution in [2.75, 3.05) is 6.54 Å². The maximum Gasteiger partial charge on any atom is 0.248 e. The van der Waals surface area contributed by atoms with Crippen LogP contribution in [0.4, 0.5) is 0 Å². The number of thiazole rings is 1. The Morgan fingerprint density at radius 2 is 2.40 bits per heavy atom. The number of aliphatic hydroxyl groups is 1. The normalized spacial score (nSPS) is 12.9. The lowest BCUT2D eigenvalue weighted by atomic mass is 10.3. The molecule has 106 valence electrons. The van der Waals surface area contributed by atoms with Crippen LogP contribution < -0.4 is 11.1 Å². The minimum atomic E-state index is -1.41. The largest absolute Gasteiger partial charge is 0.381 e. The number of nitrogens with zero attached hydrogens (tertiary/aromatic N) is 2. The molecule has 4 N–H and O–H groups in total. The fraction of sp³-hybridized carbons (Fsp3) is 0.182. The Hall–Kier alpha value is -1.90. The van der Waals surface area contributed by atoms with E-state index in [2.05, 4.69) is 10.3 Å². The molecule has 9 heteroatoms. The van der Waals surface area contributed by atoms with Crippen molar-refractivity contribution in [1.29, 1.82) is 0 Å². The number of amides is 2. The Bertz CT molecular complexity index is 678. The van der Waals surface area contributed by atoms with Crippen molar-refractivity contribution < 1.29 is 14.7 Å². The highest BCUT2D eigenvalue weighted by molar-refractivity contribution is 7.15. The number of primary amides is 1. The molecule has 0 aliphatic rings. The molecule has 0 saturated heterocycles. The highest BCUT2D eigenvalue weighted by Gasteiger charge is 2.12. The molecule has 0 bridgehead atoms. The van der Waals surface area contributed by atoms with Crippen LogP contribution >= 0.6 is 22.9 Å². The lowest BCUT2D eigenvalue weighted by Gasteiger charge is -2.05. The maximum absolute atomic E-state index is 11.5. The van der Waals surface area contributed by atoms with Crippen LogP contribution in [-0.2, 0) is 9.59 Å². The van der Waals surface area contributed by atoms with Crippen molar-refractivity contribution in [2.45, 2.75) is 6.10 Å². The van der Waals surface area contributed by atoms with Gasteiger partial charge in [-0.25, -0.2) is 4.98 Å². The van der Waals surface area contributed by atoms with E-state index >= 15 is 0 Å². The second-order valence-electron chi connectivity index (χ2n) is 3.84. The fourth-order valence-electron chi connectivity index (χ4n) is 1.44. The Morgan fingerprint density at radius 1 is 1.65 bits per heavy atom. The van der Waals surface area contributed by atoms with E-state index in [4.69, 9.17) is 22.4 Å². The first-order valence-corrected chi connectivity index (χ1v) is 6.79. The number of hydrogen-bond acceptors (Lipinski definition) is 5. The van der Waals surface area contributed by atoms with Crippen LogP contribution in [0.2, 0.25) is 5.15 Å². The number of imidazole rings is 1. The Kier molecular flexibility index (Phi) is 4.38. The van der Waals surface area contributed by atoms with Crippen molar-refractivity contribution in [2.24, 2.45) is 5.73 Å². The topological polar surface area (TPSA) is 110 Å². The zero-order valence-electron chi connectivity index (χ0n) is 10.1. The third-order valence-corrected chi connectivity index (χ3v) is 3.48. The van der Waals surface area contributed by atoms with Crippen molar-refractivity contribution in [1.82, 2.24) is 14.7 Å². The van der Waals surface area contributed by atoms with Crippen LogP contribution in [0, 0.1) is 0 Å². The molecule has 1 unspecified atom stereocenters. The van der Waals surface area contributed by atoms with Gasteiger partial charge < -0.3 is 16.2 Å². The number of carbonyl (C=O) groups is 2. The Morgan fingerprint density at radius 3 is 3.10 bits per heavy atom. The van der Waals surface area contributed by atoms with Gasteiger partial charge in [0.25, 0.3) is 0 Å². The summed E-state index contributed by atoms with van der Waals surface area (Å²) >= 11 is 7.37. The van der Waals surface area contributed by atoms with E-state index in [0.29, 0.717) is 5.69 Å². The van der Waals surface area contributed by atoms with Crippen LogP contribution in [0.1, 0.15) is 5.69 Å². The van der Waals surface area contributed by atoms with Gasteiger partial charge in [-0.1, -0.05) is 11.6 Å². The average Bonchev–Trinajstić information content (AvgIpc) is 2.94. The number of nitrogens with two attached hydrogens (primary N) is 1. The first-order chi connectivity index (χ1) is 9.49. The summed E-state index contributed by atoms with van der Waals surface area (Å²) in [6, 6.07) is 0. The third-order valence-electron chi connectivity index (χ3n) is 2.44. The predicted octanol–water partition coefficient (Wildman–Crippen LogP) is 0.0248. The second-order valence-corrected chi connectivity index (χ2v) is 5.07. The van der Waals surface area contributed by atoms with Crippen LogP contribution in [0.5, 0.6) is 0 Å². The van der Waals surface area contributed by atoms with Crippen LogP contribution in [0.25, 0.3) is 11.0 Å². The second kappa shape index (κ2) is 6.04. The molecule has 2 aromatic rings. The molecule has 0 aromatic carbocycles. The molecular weight excluding hydrogens is 304 g/mol. The molecule has 0 fully saturated rings. The minimum absolute atomic E-state index is 0.244. The SMILES string of the molecule is NC(=O)C(O)CNC(=O)/C=C/c1c(Cl)nc2sccn12. The summed E-state index contributed by atoms with van der Waals surface area (Å²) in [4.78, 5) is 26.9. The van der Waals surface area contributed by atoms with Crippen molar-refractivity contribution in [3.63, 3.8) is 0 Å². The smallest absolute Gasteiger partial charge is 0.248 e. The van der Waals surface area contributed by atoms with E-state index in [0.717, 1.165) is 4.96 Å². The number of hydrogen-bond donors (Lipinski definition) is 3. The van der Waals surface area contributed by atoms with E-state index in [1.54, 1.807) is 10.6 Å². The maximum atomic E-state index is 11.5. The molecule has 20 heavy (non-hydrogen) atoms. The lowest BCUT2D eigenvalue weighted by molar-refractivity contribution is -0.126. The van der Waals surface area contributed by atoms with Crippen molar-refractivity contribution in [3.05, 3.63) is 28.5 Å². The molecule has 1 atom stereocenters. The zero-order valence-corrected chi connectivity index (χ0v) is 11.7. The molecule has 2 rings (SSSR count). The van der Waals surface area contributed by atoms with Crippen molar-refractivity contribution >= 4 is 45.8 Å². The molecule has 0 radical (unpaired) electrons. The quantitative estimate of drug-likeness (QED) is 0.676. The minimum Gasteiger partial charge on any atom is -0.381 e. The van der Waals surface area contributed by atoms with Gasteiger partial charge in [0, 0.05) is 17.7 Å². The molecule has 7 nitrogen and oxygen atoms in total. The summed E-state index contributed by atoms with van der Waals surface area (Å²) in [6.07, 6.45) is 3.11. The zero-order chi connectivity index (χ0) is 14.7. The first-order valence-electron chi connectivity index (χ1n) is 5.53. The van der Waals surface area contributed by atoms with E-state index in [1.807, 2.05) is 5.38 Å². The number of halogens is 1. The predicted molar refractivity (Wildman–Crippen MR) is 75.3 cm³/mol. The number of fused-ring (bicyclic) bond motifs is 1. The molecule has 0 aliphatic carbocycles. The van der Waals surface area contributed by atoms with E-state index < -0.39 is 17.9 Å². The summed E-state index contributed by atoms with van der Waals surface area (Å²) in [6.45, 7) is -0.244. The Labute approximate surface area is 122 Å². The molecule has 0 saturated carbocycles. The van der Waals surface area contributed by atoms with Gasteiger partial charge in [-0.15, -0.1) is 11.3 Å². The van der Waals surface area contributed by atoms with E-state index in [1.165, 1.54) is 23.5 Å². The van der Waals surface area contributed by atoms with Crippen molar-refractivity contribution in [3.8, 4) is 0 Å². The van der Waals surface area contributed by atoms with Gasteiger partial charge >= 0.3 is 0 Å². The monoisotopic (exact) mass is 314 g/mol. The van der Waals surface area contributed by atoms with Gasteiger partial charge in [0.15, 0.2) is 10.1 Å². The fourth-order valence-corrected chi connectivity index (χ4v) is 2.44. The van der Waals surface area contributed by atoms with Gasteiger partial charge in [0.1, 0.15) is 6.10 Å². The highest BCUT2D eigenvalue weighted by Crippen LogP contribution is 2.22. The molecule has 0 aliphatic heterocycles. The average molecular weight is 315 g/mol. The van der Waals surface area contributed by atoms with Gasteiger partial charge in [-0.2, -0.15) is 0 Å². The molecule has 2 amide bonds. The molecular formula is C11H11ClN4O3S.